The van der Waals surface area contributed by atoms with Gasteiger partial charge in [-0.15, -0.1) is 0 Å². The smallest absolute Gasteiger partial charge is 0.175 e. The summed E-state index contributed by atoms with van der Waals surface area (Å²) in [5.41, 5.74) is 0. The Kier molecular flexibility index (Phi) is 1.01. The third-order valence-corrected chi connectivity index (χ3v) is 7.08. The van der Waals surface area contributed by atoms with E-state index in [-0.39, 0.29) is 11.9 Å². The van der Waals surface area contributed by atoms with E-state index < -0.39 is 0 Å². The van der Waals surface area contributed by atoms with Gasteiger partial charge in [0.05, 0.1) is 19.3 Å². The van der Waals surface area contributed by atoms with Gasteiger partial charge in [-0.3, -0.25) is 0 Å². The maximum atomic E-state index is 10.4. The van der Waals surface area contributed by atoms with E-state index in [2.05, 4.69) is 0 Å². The molecule has 6 aliphatic rings. The predicted molar refractivity (Wildman–Crippen MR) is 53.2 cm³/mol. The Hall–Kier alpha value is -0.120. The minimum atomic E-state index is -0.231. The molecule has 5 aliphatic carbocycles. The van der Waals surface area contributed by atoms with Crippen LogP contribution in [0.2, 0.25) is 0 Å². The van der Waals surface area contributed by atoms with Crippen LogP contribution < -0.4 is 0 Å². The molecule has 0 aromatic rings. The molecule has 9 atom stereocenters. The summed E-state index contributed by atoms with van der Waals surface area (Å²) in [6, 6.07) is 0. The van der Waals surface area contributed by atoms with Crippen molar-refractivity contribution in [2.75, 3.05) is 13.2 Å². The van der Waals surface area contributed by atoms with Crippen molar-refractivity contribution in [3.8, 4) is 0 Å². The highest BCUT2D eigenvalue weighted by molar-refractivity contribution is 5.33. The van der Waals surface area contributed by atoms with Gasteiger partial charge in [-0.2, -0.15) is 0 Å². The van der Waals surface area contributed by atoms with Crippen molar-refractivity contribution in [1.82, 2.24) is 0 Å². The molecule has 5 saturated carbocycles. The highest BCUT2D eigenvalue weighted by Crippen LogP contribution is 2.86. The van der Waals surface area contributed by atoms with Crippen LogP contribution in [0, 0.1) is 47.3 Å². The second kappa shape index (κ2) is 2.00. The van der Waals surface area contributed by atoms with Crippen molar-refractivity contribution >= 4 is 0 Å². The van der Waals surface area contributed by atoms with Crippen LogP contribution in [-0.2, 0) is 9.47 Å². The summed E-state index contributed by atoms with van der Waals surface area (Å²) in [6.07, 6.45) is 1.34. The molecule has 1 spiro atoms. The number of hydrogen-bond donors (Lipinski definition) is 1. The van der Waals surface area contributed by atoms with E-state index in [1.54, 1.807) is 0 Å². The van der Waals surface area contributed by atoms with Crippen LogP contribution in [0.15, 0.2) is 0 Å². The average molecular weight is 220 g/mol. The summed E-state index contributed by atoms with van der Waals surface area (Å²) >= 11 is 0. The largest absolute Gasteiger partial charge is 0.393 e. The lowest BCUT2D eigenvalue weighted by Crippen LogP contribution is -2.59. The van der Waals surface area contributed by atoms with Crippen LogP contribution in [0.5, 0.6) is 0 Å². The lowest BCUT2D eigenvalue weighted by molar-refractivity contribution is -0.277. The Morgan fingerprint density at radius 1 is 0.875 bits per heavy atom. The fraction of sp³-hybridized carbons (Fsp3) is 1.00. The number of hydrogen-bond acceptors (Lipinski definition) is 3. The first-order chi connectivity index (χ1) is 7.84. The predicted octanol–water partition coefficient (Wildman–Crippen LogP) is 0.478. The van der Waals surface area contributed by atoms with Gasteiger partial charge in [0, 0.05) is 11.8 Å². The van der Waals surface area contributed by atoms with E-state index >= 15 is 0 Å². The third kappa shape index (κ3) is 0.485. The summed E-state index contributed by atoms with van der Waals surface area (Å²) in [5.74, 6) is 5.26. The zero-order valence-electron chi connectivity index (χ0n) is 9.08. The van der Waals surface area contributed by atoms with Crippen LogP contribution >= 0.6 is 0 Å². The first-order valence-corrected chi connectivity index (χ1v) is 6.80. The van der Waals surface area contributed by atoms with Crippen molar-refractivity contribution in [2.24, 2.45) is 47.3 Å². The Bertz CT molecular complexity index is 402. The Balaban J connectivity index is 1.64. The summed E-state index contributed by atoms with van der Waals surface area (Å²) < 4.78 is 12.2. The van der Waals surface area contributed by atoms with Crippen LogP contribution in [0.4, 0.5) is 0 Å². The minimum Gasteiger partial charge on any atom is -0.393 e. The standard InChI is InChI=1S/C13H16O3/c14-12-8-4-3-5-7-6(4)9(12)11(7)13(10(5)8)15-1-2-16-13/h4-12,14H,1-3H2/t4-,5-,6+,7+,8+,9+,10-,11-,12+/m0/s1. The van der Waals surface area contributed by atoms with Crippen molar-refractivity contribution in [3.63, 3.8) is 0 Å². The molecular formula is C13H16O3. The maximum absolute atomic E-state index is 10.4. The second-order valence-electron chi connectivity index (χ2n) is 6.83. The minimum absolute atomic E-state index is 0.0211. The van der Waals surface area contributed by atoms with E-state index in [1.807, 2.05) is 0 Å². The fourth-order valence-corrected chi connectivity index (χ4v) is 7.27. The van der Waals surface area contributed by atoms with Gasteiger partial charge < -0.3 is 14.6 Å². The van der Waals surface area contributed by atoms with E-state index in [0.717, 1.165) is 36.9 Å². The van der Waals surface area contributed by atoms with E-state index in [9.17, 15) is 5.11 Å². The number of rotatable bonds is 0. The molecular weight excluding hydrogens is 204 g/mol. The molecule has 1 heterocycles. The molecule has 0 aromatic carbocycles. The monoisotopic (exact) mass is 220 g/mol. The van der Waals surface area contributed by atoms with Gasteiger partial charge in [-0.25, -0.2) is 0 Å². The van der Waals surface area contributed by atoms with Gasteiger partial charge in [-0.05, 0) is 41.9 Å². The molecule has 86 valence electrons. The zero-order valence-corrected chi connectivity index (χ0v) is 9.08. The Morgan fingerprint density at radius 3 is 2.50 bits per heavy atom. The van der Waals surface area contributed by atoms with Crippen molar-refractivity contribution < 1.29 is 14.6 Å². The molecule has 1 aliphatic heterocycles. The molecule has 1 saturated heterocycles. The topological polar surface area (TPSA) is 38.7 Å². The lowest BCUT2D eigenvalue weighted by Gasteiger charge is -2.52. The van der Waals surface area contributed by atoms with Gasteiger partial charge in [0.1, 0.15) is 0 Å². The molecule has 0 radical (unpaired) electrons. The first-order valence-electron chi connectivity index (χ1n) is 6.80. The molecule has 2 bridgehead atoms. The van der Waals surface area contributed by atoms with Crippen molar-refractivity contribution in [1.29, 1.82) is 0 Å². The van der Waals surface area contributed by atoms with Gasteiger partial charge in [0.2, 0.25) is 0 Å². The van der Waals surface area contributed by atoms with Crippen LogP contribution in [0.3, 0.4) is 0 Å². The molecule has 0 aromatic heterocycles. The molecule has 0 unspecified atom stereocenters. The van der Waals surface area contributed by atoms with Crippen LogP contribution in [0.1, 0.15) is 6.42 Å². The molecule has 1 N–H and O–H groups in total. The molecule has 3 heteroatoms. The molecule has 0 amide bonds. The fourth-order valence-electron chi connectivity index (χ4n) is 7.27. The average Bonchev–Trinajstić information content (AvgIpc) is 2.87. The first kappa shape index (κ1) is 8.06. The number of ether oxygens (including phenoxy) is 2. The SMILES string of the molecule is O[C@H]1[C@@H]2[C@@H]3[C@@H]4C[C@H]5[C@H]3[C@@H]2C2(OCCO2)[C@@H]5[C@H]14. The lowest BCUT2D eigenvalue weighted by atomic mass is 9.57. The van der Waals surface area contributed by atoms with Gasteiger partial charge in [0.15, 0.2) is 5.79 Å². The zero-order chi connectivity index (χ0) is 10.2. The van der Waals surface area contributed by atoms with Gasteiger partial charge >= 0.3 is 0 Å². The van der Waals surface area contributed by atoms with Crippen LogP contribution in [-0.4, -0.2) is 30.2 Å². The number of aliphatic hydroxyl groups is 1. The highest BCUT2D eigenvalue weighted by Gasteiger charge is 2.89. The van der Waals surface area contributed by atoms with Gasteiger partial charge in [0.25, 0.3) is 0 Å². The van der Waals surface area contributed by atoms with Crippen molar-refractivity contribution in [3.05, 3.63) is 0 Å². The quantitative estimate of drug-likeness (QED) is 0.645. The van der Waals surface area contributed by atoms with E-state index in [0.29, 0.717) is 23.7 Å². The molecule has 16 heavy (non-hydrogen) atoms. The van der Waals surface area contributed by atoms with Crippen molar-refractivity contribution in [2.45, 2.75) is 18.3 Å². The molecule has 6 fully saturated rings. The summed E-state index contributed by atoms with van der Waals surface area (Å²) in [7, 11) is 0. The summed E-state index contributed by atoms with van der Waals surface area (Å²) in [4.78, 5) is 0. The van der Waals surface area contributed by atoms with Gasteiger partial charge in [-0.1, -0.05) is 0 Å². The van der Waals surface area contributed by atoms with E-state index in [1.165, 1.54) is 6.42 Å². The Morgan fingerprint density at radius 2 is 1.69 bits per heavy atom. The number of fused-ring (bicyclic) bond motifs is 4. The normalized spacial score (nSPS) is 74.4. The summed E-state index contributed by atoms with van der Waals surface area (Å²) in [5, 5.41) is 10.4. The number of aliphatic hydroxyl groups excluding tert-OH is 1. The molecule has 3 nitrogen and oxygen atoms in total. The molecule has 6 rings (SSSR count). The Labute approximate surface area is 94.1 Å². The van der Waals surface area contributed by atoms with Crippen LogP contribution in [0.25, 0.3) is 0 Å². The highest BCUT2D eigenvalue weighted by atomic mass is 16.7. The third-order valence-electron chi connectivity index (χ3n) is 7.08. The van der Waals surface area contributed by atoms with E-state index in [4.69, 9.17) is 9.47 Å². The second-order valence-corrected chi connectivity index (χ2v) is 6.83. The summed E-state index contributed by atoms with van der Waals surface area (Å²) in [6.45, 7) is 1.55. The maximum Gasteiger partial charge on any atom is 0.175 e.